The van der Waals surface area contributed by atoms with E-state index in [2.05, 4.69) is 25.6 Å². The number of anilines is 2. The maximum absolute atomic E-state index is 11.4. The Morgan fingerprint density at radius 1 is 1.33 bits per heavy atom. The average molecular weight is 293 g/mol. The number of hydrogen-bond acceptors (Lipinski definition) is 7. The van der Waals surface area contributed by atoms with Crippen molar-refractivity contribution >= 4 is 37.5 Å². The van der Waals surface area contributed by atoms with Gasteiger partial charge in [0.1, 0.15) is 0 Å². The molecule has 0 saturated heterocycles. The van der Waals surface area contributed by atoms with Gasteiger partial charge >= 0.3 is 0 Å². The van der Waals surface area contributed by atoms with Crippen molar-refractivity contribution < 1.29 is 13.2 Å². The van der Waals surface area contributed by atoms with Gasteiger partial charge in [0.05, 0.1) is 6.26 Å². The number of nitrogens with one attached hydrogen (secondary N) is 3. The number of rotatable bonds is 7. The molecule has 0 unspecified atom stereocenters. The highest BCUT2D eigenvalue weighted by Crippen LogP contribution is 2.20. The third-order valence-corrected chi connectivity index (χ3v) is 3.22. The highest BCUT2D eigenvalue weighted by molar-refractivity contribution is 7.92. The predicted molar refractivity (Wildman–Crippen MR) is 70.2 cm³/mol. The van der Waals surface area contributed by atoms with Crippen LogP contribution in [-0.2, 0) is 14.8 Å². The molecule has 0 atom stereocenters. The van der Waals surface area contributed by atoms with Crippen molar-refractivity contribution in [2.75, 3.05) is 29.9 Å². The largest absolute Gasteiger partial charge is 0.320 e. The molecule has 18 heavy (non-hydrogen) atoms. The summed E-state index contributed by atoms with van der Waals surface area (Å²) in [4.78, 5) is 11.4. The molecule has 0 bridgehead atoms. The molecule has 1 rings (SSSR count). The molecular formula is C8H15N5O3S2. The summed E-state index contributed by atoms with van der Waals surface area (Å²) < 4.78 is 24.1. The molecule has 0 aliphatic rings. The summed E-state index contributed by atoms with van der Waals surface area (Å²) in [6.45, 7) is 0.754. The summed E-state index contributed by atoms with van der Waals surface area (Å²) in [5.74, 6) is -0.174. The maximum Gasteiger partial charge on any atom is 0.231 e. The van der Waals surface area contributed by atoms with Gasteiger partial charge in [-0.1, -0.05) is 11.3 Å². The van der Waals surface area contributed by atoms with Crippen LogP contribution in [0.1, 0.15) is 12.8 Å². The molecular weight excluding hydrogens is 278 g/mol. The van der Waals surface area contributed by atoms with Gasteiger partial charge in [0.2, 0.25) is 26.2 Å². The molecule has 0 aliphatic heterocycles. The van der Waals surface area contributed by atoms with Crippen molar-refractivity contribution in [3.63, 3.8) is 0 Å². The van der Waals surface area contributed by atoms with E-state index in [-0.39, 0.29) is 16.2 Å². The molecule has 102 valence electrons. The first-order chi connectivity index (χ1) is 8.40. The summed E-state index contributed by atoms with van der Waals surface area (Å²) in [6, 6.07) is 0. The summed E-state index contributed by atoms with van der Waals surface area (Å²) in [7, 11) is -1.56. The number of sulfonamides is 1. The van der Waals surface area contributed by atoms with E-state index < -0.39 is 10.0 Å². The molecule has 0 saturated carbocycles. The molecule has 0 fully saturated rings. The number of carbonyl (C=O) groups excluding carboxylic acids is 1. The number of nitrogens with zero attached hydrogens (tertiary/aromatic N) is 2. The second-order valence-electron chi connectivity index (χ2n) is 3.54. The molecule has 0 radical (unpaired) electrons. The minimum absolute atomic E-state index is 0.128. The number of aromatic nitrogens is 2. The zero-order valence-electron chi connectivity index (χ0n) is 10.1. The van der Waals surface area contributed by atoms with Crippen LogP contribution in [-0.4, -0.2) is 44.4 Å². The maximum atomic E-state index is 11.4. The summed E-state index contributed by atoms with van der Waals surface area (Å²) in [6.07, 6.45) is 2.11. The SMILES string of the molecule is CNCCCC(=O)Nc1nnc(NS(C)(=O)=O)s1. The first-order valence-corrected chi connectivity index (χ1v) is 7.87. The number of carbonyl (C=O) groups is 1. The first-order valence-electron chi connectivity index (χ1n) is 5.16. The van der Waals surface area contributed by atoms with Gasteiger partial charge in [0.25, 0.3) is 0 Å². The lowest BCUT2D eigenvalue weighted by Crippen LogP contribution is -2.15. The highest BCUT2D eigenvalue weighted by atomic mass is 32.2. The van der Waals surface area contributed by atoms with Crippen molar-refractivity contribution in [2.45, 2.75) is 12.8 Å². The van der Waals surface area contributed by atoms with Crippen LogP contribution in [0, 0.1) is 0 Å². The second kappa shape index (κ2) is 6.61. The van der Waals surface area contributed by atoms with Crippen molar-refractivity contribution in [1.29, 1.82) is 0 Å². The quantitative estimate of drug-likeness (QED) is 0.602. The Kier molecular flexibility index (Phi) is 5.44. The lowest BCUT2D eigenvalue weighted by molar-refractivity contribution is -0.116. The van der Waals surface area contributed by atoms with Crippen molar-refractivity contribution in [3.05, 3.63) is 0 Å². The van der Waals surface area contributed by atoms with Crippen LogP contribution in [0.5, 0.6) is 0 Å². The lowest BCUT2D eigenvalue weighted by Gasteiger charge is -2.00. The molecule has 8 nitrogen and oxygen atoms in total. The van der Waals surface area contributed by atoms with Gasteiger partial charge in [-0.3, -0.25) is 9.52 Å². The fourth-order valence-corrected chi connectivity index (χ4v) is 2.57. The molecule has 0 spiro atoms. The van der Waals surface area contributed by atoms with Crippen molar-refractivity contribution in [1.82, 2.24) is 15.5 Å². The van der Waals surface area contributed by atoms with E-state index in [9.17, 15) is 13.2 Å². The summed E-state index contributed by atoms with van der Waals surface area (Å²) in [5, 5.41) is 13.2. The van der Waals surface area contributed by atoms with E-state index in [4.69, 9.17) is 0 Å². The molecule has 0 aliphatic carbocycles. The van der Waals surface area contributed by atoms with Crippen LogP contribution in [0.4, 0.5) is 10.3 Å². The van der Waals surface area contributed by atoms with Gasteiger partial charge in [0.15, 0.2) is 0 Å². The van der Waals surface area contributed by atoms with Crippen LogP contribution in [0.15, 0.2) is 0 Å². The predicted octanol–water partition coefficient (Wildman–Crippen LogP) is -0.152. The Hall–Kier alpha value is -1.26. The van der Waals surface area contributed by atoms with E-state index in [0.717, 1.165) is 30.6 Å². The Labute approximate surface area is 109 Å². The van der Waals surface area contributed by atoms with Crippen molar-refractivity contribution in [2.24, 2.45) is 0 Å². The van der Waals surface area contributed by atoms with Gasteiger partial charge < -0.3 is 10.6 Å². The third kappa shape index (κ3) is 5.89. The van der Waals surface area contributed by atoms with E-state index in [1.807, 2.05) is 7.05 Å². The van der Waals surface area contributed by atoms with Gasteiger partial charge in [0, 0.05) is 6.42 Å². The van der Waals surface area contributed by atoms with Crippen LogP contribution in [0.2, 0.25) is 0 Å². The minimum atomic E-state index is -3.37. The Balaban J connectivity index is 2.46. The van der Waals surface area contributed by atoms with Crippen LogP contribution >= 0.6 is 11.3 Å². The Morgan fingerprint density at radius 3 is 2.61 bits per heavy atom. The molecule has 1 amide bonds. The highest BCUT2D eigenvalue weighted by Gasteiger charge is 2.10. The fraction of sp³-hybridized carbons (Fsp3) is 0.625. The normalized spacial score (nSPS) is 11.2. The number of amides is 1. The van der Waals surface area contributed by atoms with E-state index in [1.54, 1.807) is 0 Å². The first kappa shape index (κ1) is 14.8. The van der Waals surface area contributed by atoms with E-state index in [0.29, 0.717) is 6.42 Å². The smallest absolute Gasteiger partial charge is 0.231 e. The van der Waals surface area contributed by atoms with E-state index in [1.165, 1.54) is 0 Å². The second-order valence-corrected chi connectivity index (χ2v) is 6.27. The van der Waals surface area contributed by atoms with Crippen LogP contribution in [0.3, 0.4) is 0 Å². The zero-order chi connectivity index (χ0) is 13.6. The Bertz CT molecular complexity index is 499. The summed E-state index contributed by atoms with van der Waals surface area (Å²) >= 11 is 0.967. The van der Waals surface area contributed by atoms with Crippen molar-refractivity contribution in [3.8, 4) is 0 Å². The average Bonchev–Trinajstić information content (AvgIpc) is 2.63. The molecule has 10 heteroatoms. The fourth-order valence-electron chi connectivity index (χ4n) is 1.08. The standard InChI is InChI=1S/C8H15N5O3S2/c1-9-5-3-4-6(14)10-7-11-12-8(17-7)13-18(2,15)16/h9H,3-5H2,1-2H3,(H,12,13)(H,10,11,14). The van der Waals surface area contributed by atoms with Gasteiger partial charge in [-0.2, -0.15) is 0 Å². The monoisotopic (exact) mass is 293 g/mol. The van der Waals surface area contributed by atoms with Crippen LogP contribution < -0.4 is 15.4 Å². The minimum Gasteiger partial charge on any atom is -0.320 e. The zero-order valence-corrected chi connectivity index (χ0v) is 11.7. The topological polar surface area (TPSA) is 113 Å². The van der Waals surface area contributed by atoms with Crippen LogP contribution in [0.25, 0.3) is 0 Å². The molecule has 1 aromatic rings. The molecule has 0 aromatic carbocycles. The van der Waals surface area contributed by atoms with Gasteiger partial charge in [-0.25, -0.2) is 8.42 Å². The molecule has 3 N–H and O–H groups in total. The molecule has 1 aromatic heterocycles. The third-order valence-electron chi connectivity index (χ3n) is 1.77. The number of hydrogen-bond donors (Lipinski definition) is 3. The Morgan fingerprint density at radius 2 is 2.00 bits per heavy atom. The summed E-state index contributed by atoms with van der Waals surface area (Å²) in [5.41, 5.74) is 0. The van der Waals surface area contributed by atoms with Gasteiger partial charge in [-0.05, 0) is 20.0 Å². The van der Waals surface area contributed by atoms with E-state index >= 15 is 0 Å². The lowest BCUT2D eigenvalue weighted by atomic mass is 10.3. The molecule has 1 heterocycles. The van der Waals surface area contributed by atoms with Gasteiger partial charge in [-0.15, -0.1) is 10.2 Å².